The average molecular weight is 232 g/mol. The third kappa shape index (κ3) is 2.27. The zero-order valence-electron chi connectivity index (χ0n) is 10.5. The molecule has 0 saturated carbocycles. The van der Waals surface area contributed by atoms with E-state index >= 15 is 0 Å². The highest BCUT2D eigenvalue weighted by atomic mass is 16.1. The quantitative estimate of drug-likeness (QED) is 0.809. The van der Waals surface area contributed by atoms with Gasteiger partial charge in [0.15, 0.2) is 11.6 Å². The Kier molecular flexibility index (Phi) is 2.61. The van der Waals surface area contributed by atoms with E-state index in [2.05, 4.69) is 15.0 Å². The Morgan fingerprint density at radius 1 is 1.35 bits per heavy atom. The smallest absolute Gasteiger partial charge is 0.251 e. The second kappa shape index (κ2) is 3.84. The first-order chi connectivity index (χ1) is 7.88. The lowest BCUT2D eigenvalue weighted by atomic mass is 9.92. The summed E-state index contributed by atoms with van der Waals surface area (Å²) in [6.45, 7) is 6.07. The van der Waals surface area contributed by atoms with Gasteiger partial charge in [-0.2, -0.15) is 0 Å². The number of nitrogens with one attached hydrogen (secondary N) is 1. The summed E-state index contributed by atoms with van der Waals surface area (Å²) in [6.07, 6.45) is 3.50. The highest BCUT2D eigenvalue weighted by Gasteiger charge is 2.18. The fourth-order valence-corrected chi connectivity index (χ4v) is 1.54. The van der Waals surface area contributed by atoms with Gasteiger partial charge in [0.25, 0.3) is 5.56 Å². The van der Waals surface area contributed by atoms with Crippen LogP contribution in [0.4, 0.5) is 0 Å². The molecule has 0 bridgehead atoms. The molecule has 0 aromatic carbocycles. The molecule has 0 aliphatic carbocycles. The molecule has 0 aliphatic rings. The highest BCUT2D eigenvalue weighted by molar-refractivity contribution is 5.43. The monoisotopic (exact) mass is 232 g/mol. The van der Waals surface area contributed by atoms with Crippen molar-refractivity contribution in [2.45, 2.75) is 26.2 Å². The van der Waals surface area contributed by atoms with Crippen LogP contribution in [0.5, 0.6) is 0 Å². The van der Waals surface area contributed by atoms with Crippen molar-refractivity contribution in [2.24, 2.45) is 7.05 Å². The van der Waals surface area contributed by atoms with E-state index < -0.39 is 0 Å². The van der Waals surface area contributed by atoms with E-state index in [0.717, 1.165) is 5.69 Å². The number of hydrogen-bond acceptors (Lipinski definition) is 3. The van der Waals surface area contributed by atoms with Gasteiger partial charge in [0.05, 0.1) is 5.69 Å². The molecule has 2 heterocycles. The maximum Gasteiger partial charge on any atom is 0.251 e. The van der Waals surface area contributed by atoms with Crippen LogP contribution in [0.3, 0.4) is 0 Å². The van der Waals surface area contributed by atoms with Crippen LogP contribution in [0.25, 0.3) is 11.6 Å². The Morgan fingerprint density at radius 2 is 2.06 bits per heavy atom. The molecule has 0 radical (unpaired) electrons. The normalized spacial score (nSPS) is 11.8. The van der Waals surface area contributed by atoms with Crippen LogP contribution in [0.2, 0.25) is 0 Å². The molecule has 1 N–H and O–H groups in total. The topological polar surface area (TPSA) is 63.6 Å². The van der Waals surface area contributed by atoms with E-state index in [-0.39, 0.29) is 11.0 Å². The Bertz CT molecular complexity index is 589. The number of imidazole rings is 1. The van der Waals surface area contributed by atoms with Gasteiger partial charge in [0.2, 0.25) is 0 Å². The second-order valence-electron chi connectivity index (χ2n) is 5.09. The minimum atomic E-state index is -0.159. The molecule has 0 unspecified atom stereocenters. The molecular formula is C12H16N4O. The third-order valence-electron chi connectivity index (χ3n) is 2.54. The first-order valence-corrected chi connectivity index (χ1v) is 5.47. The molecule has 0 amide bonds. The first-order valence-electron chi connectivity index (χ1n) is 5.47. The highest BCUT2D eigenvalue weighted by Crippen LogP contribution is 2.20. The van der Waals surface area contributed by atoms with Crippen LogP contribution in [0.15, 0.2) is 23.3 Å². The van der Waals surface area contributed by atoms with E-state index in [4.69, 9.17) is 0 Å². The minimum Gasteiger partial charge on any atom is -0.331 e. The molecule has 90 valence electrons. The van der Waals surface area contributed by atoms with E-state index in [9.17, 15) is 4.79 Å². The summed E-state index contributed by atoms with van der Waals surface area (Å²) < 4.78 is 1.82. The fraction of sp³-hybridized carbons (Fsp3) is 0.417. The van der Waals surface area contributed by atoms with Crippen molar-refractivity contribution in [3.63, 3.8) is 0 Å². The van der Waals surface area contributed by atoms with E-state index in [1.54, 1.807) is 6.20 Å². The number of hydrogen-bond donors (Lipinski definition) is 1. The van der Waals surface area contributed by atoms with Crippen LogP contribution in [-0.4, -0.2) is 19.5 Å². The Morgan fingerprint density at radius 3 is 2.59 bits per heavy atom. The number of H-pyrrole nitrogens is 1. The predicted molar refractivity (Wildman–Crippen MR) is 65.8 cm³/mol. The molecule has 5 heteroatoms. The number of aryl methyl sites for hydroxylation is 1. The summed E-state index contributed by atoms with van der Waals surface area (Å²) in [4.78, 5) is 23.0. The predicted octanol–water partition coefficient (Wildman–Crippen LogP) is 1.47. The van der Waals surface area contributed by atoms with Gasteiger partial charge in [-0.25, -0.2) is 9.97 Å². The number of aromatic amines is 1. The van der Waals surface area contributed by atoms with Gasteiger partial charge in [-0.15, -0.1) is 0 Å². The Labute approximate surface area is 99.6 Å². The number of rotatable bonds is 1. The van der Waals surface area contributed by atoms with Crippen molar-refractivity contribution < 1.29 is 0 Å². The van der Waals surface area contributed by atoms with Gasteiger partial charge in [0.1, 0.15) is 0 Å². The average Bonchev–Trinajstić information content (AvgIpc) is 2.62. The standard InChI is InChI=1S/C12H16N4O/c1-12(2,3)8-7-9(17)15-10(14-8)11-13-5-6-16(11)4/h5-7H,1-4H3,(H,14,15,17). The van der Waals surface area contributed by atoms with Gasteiger partial charge in [-0.05, 0) is 0 Å². The fourth-order valence-electron chi connectivity index (χ4n) is 1.54. The van der Waals surface area contributed by atoms with Crippen molar-refractivity contribution in [3.8, 4) is 11.6 Å². The number of aromatic nitrogens is 4. The lowest BCUT2D eigenvalue weighted by Gasteiger charge is -2.17. The Balaban J connectivity index is 2.61. The molecule has 0 spiro atoms. The van der Waals surface area contributed by atoms with Crippen LogP contribution in [0, 0.1) is 0 Å². The molecule has 5 nitrogen and oxygen atoms in total. The molecule has 0 aliphatic heterocycles. The summed E-state index contributed by atoms with van der Waals surface area (Å²) in [5.41, 5.74) is 0.455. The second-order valence-corrected chi connectivity index (χ2v) is 5.09. The summed E-state index contributed by atoms with van der Waals surface area (Å²) in [7, 11) is 1.87. The van der Waals surface area contributed by atoms with Crippen LogP contribution in [-0.2, 0) is 12.5 Å². The largest absolute Gasteiger partial charge is 0.331 e. The molecule has 0 fully saturated rings. The van der Waals surface area contributed by atoms with E-state index in [1.807, 2.05) is 38.6 Å². The molecule has 0 atom stereocenters. The summed E-state index contributed by atoms with van der Waals surface area (Å²) in [6, 6.07) is 1.53. The van der Waals surface area contributed by atoms with Gasteiger partial charge in [-0.1, -0.05) is 20.8 Å². The minimum absolute atomic E-state index is 0.150. The maximum absolute atomic E-state index is 11.6. The van der Waals surface area contributed by atoms with Gasteiger partial charge < -0.3 is 9.55 Å². The van der Waals surface area contributed by atoms with Crippen LogP contribution >= 0.6 is 0 Å². The van der Waals surface area contributed by atoms with Crippen molar-refractivity contribution in [1.29, 1.82) is 0 Å². The third-order valence-corrected chi connectivity index (χ3v) is 2.54. The van der Waals surface area contributed by atoms with Gasteiger partial charge >= 0.3 is 0 Å². The van der Waals surface area contributed by atoms with Crippen molar-refractivity contribution in [1.82, 2.24) is 19.5 Å². The van der Waals surface area contributed by atoms with Gasteiger partial charge in [0, 0.05) is 30.9 Å². The zero-order valence-corrected chi connectivity index (χ0v) is 10.5. The summed E-state index contributed by atoms with van der Waals surface area (Å²) in [5, 5.41) is 0. The Hall–Kier alpha value is -1.91. The molecule has 17 heavy (non-hydrogen) atoms. The first kappa shape index (κ1) is 11.6. The van der Waals surface area contributed by atoms with E-state index in [0.29, 0.717) is 11.6 Å². The van der Waals surface area contributed by atoms with Crippen molar-refractivity contribution in [2.75, 3.05) is 0 Å². The van der Waals surface area contributed by atoms with Gasteiger partial charge in [-0.3, -0.25) is 4.79 Å². The van der Waals surface area contributed by atoms with E-state index in [1.165, 1.54) is 6.07 Å². The summed E-state index contributed by atoms with van der Waals surface area (Å²) in [5.74, 6) is 1.17. The molecular weight excluding hydrogens is 216 g/mol. The van der Waals surface area contributed by atoms with Crippen LogP contribution < -0.4 is 5.56 Å². The molecule has 2 aromatic rings. The zero-order chi connectivity index (χ0) is 12.6. The maximum atomic E-state index is 11.6. The summed E-state index contributed by atoms with van der Waals surface area (Å²) >= 11 is 0. The molecule has 2 aromatic heterocycles. The van der Waals surface area contributed by atoms with Crippen molar-refractivity contribution >= 4 is 0 Å². The lowest BCUT2D eigenvalue weighted by molar-refractivity contribution is 0.566. The lowest BCUT2D eigenvalue weighted by Crippen LogP contribution is -2.20. The SMILES string of the molecule is Cn1ccnc1-c1nc(C(C)(C)C)cc(=O)[nH]1. The van der Waals surface area contributed by atoms with Crippen molar-refractivity contribution in [3.05, 3.63) is 34.5 Å². The van der Waals surface area contributed by atoms with Crippen LogP contribution in [0.1, 0.15) is 26.5 Å². The number of nitrogens with zero attached hydrogens (tertiary/aromatic N) is 3. The molecule has 0 saturated heterocycles. The molecule has 2 rings (SSSR count).